The van der Waals surface area contributed by atoms with Crippen LogP contribution in [0.25, 0.3) is 0 Å². The fourth-order valence-corrected chi connectivity index (χ4v) is 3.09. The zero-order chi connectivity index (χ0) is 21.2. The number of benzene rings is 1. The summed E-state index contributed by atoms with van der Waals surface area (Å²) in [5.41, 5.74) is -0.141. The lowest BCUT2D eigenvalue weighted by molar-refractivity contribution is -0.147. The molecule has 1 aromatic carbocycles. The van der Waals surface area contributed by atoms with Crippen molar-refractivity contribution in [2.45, 2.75) is 66.3 Å². The fraction of sp³-hybridized carbons (Fsp3) is 0.545. The predicted octanol–water partition coefficient (Wildman–Crippen LogP) is 4.92. The minimum absolute atomic E-state index is 0.0629. The van der Waals surface area contributed by atoms with Gasteiger partial charge in [0.15, 0.2) is 6.23 Å². The largest absolute Gasteiger partial charge is 0.444 e. The molecule has 2 rings (SSSR count). The summed E-state index contributed by atoms with van der Waals surface area (Å²) >= 11 is 0. The Hall–Kier alpha value is -2.30. The molecule has 0 spiro atoms. The standard InChI is InChI=1S/C22H31NO4/c1-7-13-22(5,6)14-17-18(24)27-19(21(2,3)4)23(17)20(25)26-15-16-11-9-8-10-12-16/h7-12,17,19H,1,13-15H2,2-6H3/t17-,19-/m0/s1/i17D. The number of cyclic esters (lactones) is 1. The molecule has 1 heterocycles. The van der Waals surface area contributed by atoms with Gasteiger partial charge < -0.3 is 9.47 Å². The van der Waals surface area contributed by atoms with E-state index in [1.54, 1.807) is 6.08 Å². The van der Waals surface area contributed by atoms with E-state index in [0.717, 1.165) is 5.56 Å². The SMILES string of the molecule is [2H][C@]1(CC(C)(C)CC=C)C(=O)O[C@@H](C(C)(C)C)N1C(=O)OCc1ccccc1. The van der Waals surface area contributed by atoms with E-state index in [1.165, 1.54) is 4.90 Å². The van der Waals surface area contributed by atoms with Crippen LogP contribution in [0.2, 0.25) is 0 Å². The number of ether oxygens (including phenoxy) is 2. The predicted molar refractivity (Wildman–Crippen MR) is 105 cm³/mol. The Labute approximate surface area is 163 Å². The van der Waals surface area contributed by atoms with Crippen LogP contribution in [-0.4, -0.2) is 29.2 Å². The zero-order valence-corrected chi connectivity index (χ0v) is 17.0. The van der Waals surface area contributed by atoms with Crippen LogP contribution in [0.1, 0.15) is 54.4 Å². The van der Waals surface area contributed by atoms with Gasteiger partial charge in [-0.25, -0.2) is 9.59 Å². The molecule has 1 aliphatic heterocycles. The normalized spacial score (nSPS) is 23.6. The van der Waals surface area contributed by atoms with Crippen LogP contribution >= 0.6 is 0 Å². The molecule has 1 amide bonds. The third-order valence-corrected chi connectivity index (χ3v) is 4.47. The van der Waals surface area contributed by atoms with E-state index in [1.807, 2.05) is 65.0 Å². The Balaban J connectivity index is 2.32. The second-order valence-electron chi connectivity index (χ2n) is 8.81. The number of amides is 1. The van der Waals surface area contributed by atoms with Crippen LogP contribution in [0.15, 0.2) is 43.0 Å². The molecule has 0 aromatic heterocycles. The number of esters is 1. The molecule has 0 N–H and O–H groups in total. The van der Waals surface area contributed by atoms with Crippen LogP contribution in [-0.2, 0) is 20.9 Å². The molecular formula is C22H31NO4. The highest BCUT2D eigenvalue weighted by atomic mass is 16.6. The van der Waals surface area contributed by atoms with E-state index in [2.05, 4.69) is 6.58 Å². The Bertz CT molecular complexity index is 726. The van der Waals surface area contributed by atoms with Crippen molar-refractivity contribution in [2.24, 2.45) is 10.8 Å². The molecule has 27 heavy (non-hydrogen) atoms. The van der Waals surface area contributed by atoms with Crippen molar-refractivity contribution in [3.05, 3.63) is 48.6 Å². The fourth-order valence-electron chi connectivity index (χ4n) is 3.09. The maximum atomic E-state index is 13.0. The van der Waals surface area contributed by atoms with Crippen molar-refractivity contribution in [2.75, 3.05) is 0 Å². The summed E-state index contributed by atoms with van der Waals surface area (Å²) in [7, 11) is 0. The van der Waals surface area contributed by atoms with Gasteiger partial charge in [0.25, 0.3) is 0 Å². The maximum Gasteiger partial charge on any atom is 0.413 e. The minimum atomic E-state index is -1.85. The number of allylic oxidation sites excluding steroid dienone is 1. The van der Waals surface area contributed by atoms with Crippen molar-refractivity contribution >= 4 is 12.1 Å². The molecule has 0 aliphatic carbocycles. The molecule has 0 bridgehead atoms. The van der Waals surface area contributed by atoms with E-state index in [9.17, 15) is 9.59 Å². The van der Waals surface area contributed by atoms with Crippen molar-refractivity contribution in [1.29, 1.82) is 0 Å². The first-order chi connectivity index (χ1) is 12.9. The molecule has 1 saturated heterocycles. The lowest BCUT2D eigenvalue weighted by atomic mass is 9.82. The third-order valence-electron chi connectivity index (χ3n) is 4.47. The van der Waals surface area contributed by atoms with E-state index in [4.69, 9.17) is 10.8 Å². The van der Waals surface area contributed by atoms with Crippen LogP contribution in [0.5, 0.6) is 0 Å². The highest BCUT2D eigenvalue weighted by Crippen LogP contribution is 2.38. The Morgan fingerprint density at radius 1 is 1.30 bits per heavy atom. The number of hydrogen-bond acceptors (Lipinski definition) is 4. The summed E-state index contributed by atoms with van der Waals surface area (Å²) in [6, 6.07) is 7.44. The van der Waals surface area contributed by atoms with Gasteiger partial charge in [0.05, 0.1) is 1.37 Å². The average molecular weight is 374 g/mol. The number of carbonyl (C=O) groups is 2. The number of carbonyl (C=O) groups excluding carboxylic acids is 2. The molecule has 5 nitrogen and oxygen atoms in total. The van der Waals surface area contributed by atoms with E-state index < -0.39 is 35.1 Å². The van der Waals surface area contributed by atoms with E-state index in [-0.39, 0.29) is 13.0 Å². The molecule has 0 saturated carbocycles. The van der Waals surface area contributed by atoms with Crippen LogP contribution in [0.3, 0.4) is 0 Å². The Kier molecular flexibility index (Phi) is 5.88. The van der Waals surface area contributed by atoms with Gasteiger partial charge in [0.1, 0.15) is 12.6 Å². The molecule has 5 heteroatoms. The van der Waals surface area contributed by atoms with Crippen molar-refractivity contribution in [3.63, 3.8) is 0 Å². The highest BCUT2D eigenvalue weighted by molar-refractivity contribution is 5.84. The van der Waals surface area contributed by atoms with Gasteiger partial charge in [-0.15, -0.1) is 6.58 Å². The van der Waals surface area contributed by atoms with Crippen molar-refractivity contribution < 1.29 is 20.4 Å². The smallest absolute Gasteiger partial charge is 0.413 e. The summed E-state index contributed by atoms with van der Waals surface area (Å²) in [4.78, 5) is 26.9. The zero-order valence-electron chi connectivity index (χ0n) is 18.0. The molecule has 148 valence electrons. The topological polar surface area (TPSA) is 55.8 Å². The van der Waals surface area contributed by atoms with E-state index >= 15 is 0 Å². The first-order valence-electron chi connectivity index (χ1n) is 9.73. The quantitative estimate of drug-likeness (QED) is 0.524. The van der Waals surface area contributed by atoms with Gasteiger partial charge in [0, 0.05) is 5.41 Å². The second kappa shape index (κ2) is 8.15. The minimum Gasteiger partial charge on any atom is -0.444 e. The second-order valence-corrected chi connectivity index (χ2v) is 8.81. The average Bonchev–Trinajstić information content (AvgIpc) is 2.84. The first kappa shape index (κ1) is 19.5. The number of rotatable bonds is 6. The lowest BCUT2D eigenvalue weighted by Gasteiger charge is -2.35. The molecular weight excluding hydrogens is 342 g/mol. The molecule has 0 radical (unpaired) electrons. The summed E-state index contributed by atoms with van der Waals surface area (Å²) in [5, 5.41) is 0. The monoisotopic (exact) mass is 374 g/mol. The summed E-state index contributed by atoms with van der Waals surface area (Å²) in [6.45, 7) is 13.3. The summed E-state index contributed by atoms with van der Waals surface area (Å²) in [6.07, 6.45) is 0.883. The molecule has 1 aliphatic rings. The van der Waals surface area contributed by atoms with Crippen molar-refractivity contribution in [3.8, 4) is 0 Å². The summed E-state index contributed by atoms with van der Waals surface area (Å²) in [5.74, 6) is -0.721. The van der Waals surface area contributed by atoms with Gasteiger partial charge in [0.2, 0.25) is 0 Å². The maximum absolute atomic E-state index is 13.0. The summed E-state index contributed by atoms with van der Waals surface area (Å²) < 4.78 is 19.9. The number of nitrogens with zero attached hydrogens (tertiary/aromatic N) is 1. The van der Waals surface area contributed by atoms with Gasteiger partial charge in [-0.2, -0.15) is 0 Å². The van der Waals surface area contributed by atoms with E-state index in [0.29, 0.717) is 6.42 Å². The van der Waals surface area contributed by atoms with Crippen LogP contribution in [0, 0.1) is 10.8 Å². The highest BCUT2D eigenvalue weighted by Gasteiger charge is 2.51. The van der Waals surface area contributed by atoms with Crippen LogP contribution in [0.4, 0.5) is 4.79 Å². The van der Waals surface area contributed by atoms with Gasteiger partial charge >= 0.3 is 12.1 Å². The third kappa shape index (κ3) is 5.34. The van der Waals surface area contributed by atoms with Crippen LogP contribution < -0.4 is 0 Å². The Morgan fingerprint density at radius 2 is 1.93 bits per heavy atom. The molecule has 1 fully saturated rings. The molecule has 1 aromatic rings. The van der Waals surface area contributed by atoms with Gasteiger partial charge in [-0.3, -0.25) is 4.90 Å². The van der Waals surface area contributed by atoms with Crippen molar-refractivity contribution in [1.82, 2.24) is 4.90 Å². The molecule has 0 unspecified atom stereocenters. The first-order valence-corrected chi connectivity index (χ1v) is 9.23. The molecule has 2 atom stereocenters. The lowest BCUT2D eigenvalue weighted by Crippen LogP contribution is -2.49. The van der Waals surface area contributed by atoms with Gasteiger partial charge in [-0.05, 0) is 23.8 Å². The van der Waals surface area contributed by atoms with Gasteiger partial charge in [-0.1, -0.05) is 71.0 Å². The Morgan fingerprint density at radius 3 is 2.48 bits per heavy atom. The number of hydrogen-bond donors (Lipinski definition) is 0.